The molecule has 0 aliphatic rings. The Kier molecular flexibility index (Phi) is 4.32. The predicted octanol–water partition coefficient (Wildman–Crippen LogP) is 3.44. The molecule has 0 aliphatic carbocycles. The Morgan fingerprint density at radius 1 is 1.29 bits per heavy atom. The van der Waals surface area contributed by atoms with E-state index in [1.54, 1.807) is 0 Å². The summed E-state index contributed by atoms with van der Waals surface area (Å²) in [6.45, 7) is 0. The van der Waals surface area contributed by atoms with E-state index >= 15 is 0 Å². The first kappa shape index (κ1) is 11.9. The average Bonchev–Trinajstić information content (AvgIpc) is 2.21. The zero-order valence-electron chi connectivity index (χ0n) is 8.07. The van der Waals surface area contributed by atoms with Gasteiger partial charge in [-0.25, -0.2) is 0 Å². The zero-order chi connectivity index (χ0) is 10.6. The molecule has 0 saturated carbocycles. The minimum Gasteiger partial charge on any atom is -0.312 e. The molecule has 0 saturated heterocycles. The van der Waals surface area contributed by atoms with Gasteiger partial charge in [0.25, 0.3) is 0 Å². The molecule has 1 rings (SSSR count). The Labute approximate surface area is 92.1 Å². The highest BCUT2D eigenvalue weighted by Crippen LogP contribution is 2.50. The molecule has 3 nitrogen and oxygen atoms in total. The van der Waals surface area contributed by atoms with Crippen LogP contribution in [0.4, 0.5) is 0 Å². The van der Waals surface area contributed by atoms with Crippen molar-refractivity contribution in [2.75, 3.05) is 14.2 Å². The quantitative estimate of drug-likeness (QED) is 0.792. The second-order valence-electron chi connectivity index (χ2n) is 2.73. The molecule has 0 aliphatic heterocycles. The van der Waals surface area contributed by atoms with E-state index in [1.165, 1.54) is 14.2 Å². The Morgan fingerprint density at radius 2 is 1.86 bits per heavy atom. The van der Waals surface area contributed by atoms with Crippen LogP contribution in [0.5, 0.6) is 0 Å². The van der Waals surface area contributed by atoms with Gasteiger partial charge in [-0.15, -0.1) is 0 Å². The summed E-state index contributed by atoms with van der Waals surface area (Å²) < 4.78 is 22.4. The van der Waals surface area contributed by atoms with Gasteiger partial charge in [0.1, 0.15) is 0 Å². The highest BCUT2D eigenvalue weighted by molar-refractivity contribution is 9.10. The lowest BCUT2D eigenvalue weighted by Crippen LogP contribution is -1.94. The Morgan fingerprint density at radius 3 is 2.36 bits per heavy atom. The van der Waals surface area contributed by atoms with Gasteiger partial charge < -0.3 is 9.05 Å². The average molecular weight is 279 g/mol. The Bertz CT molecular complexity index is 346. The van der Waals surface area contributed by atoms with E-state index in [9.17, 15) is 4.57 Å². The Hall–Kier alpha value is -0.150. The van der Waals surface area contributed by atoms with Crippen molar-refractivity contribution < 1.29 is 13.6 Å². The summed E-state index contributed by atoms with van der Waals surface area (Å²) in [4.78, 5) is 0. The molecule has 0 bridgehead atoms. The van der Waals surface area contributed by atoms with E-state index in [4.69, 9.17) is 9.05 Å². The molecule has 0 amide bonds. The summed E-state index contributed by atoms with van der Waals surface area (Å²) in [6.07, 6.45) is 0.279. The molecular weight excluding hydrogens is 267 g/mol. The number of halogens is 1. The maximum Gasteiger partial charge on any atom is 0.334 e. The fraction of sp³-hybridized carbons (Fsp3) is 0.333. The van der Waals surface area contributed by atoms with Crippen LogP contribution in [0, 0.1) is 0 Å². The minimum atomic E-state index is -2.96. The smallest absolute Gasteiger partial charge is 0.312 e. The first-order chi connectivity index (χ1) is 6.61. The van der Waals surface area contributed by atoms with Crippen molar-refractivity contribution in [1.29, 1.82) is 0 Å². The third-order valence-electron chi connectivity index (χ3n) is 1.88. The van der Waals surface area contributed by atoms with Crippen molar-refractivity contribution in [3.05, 3.63) is 34.3 Å². The van der Waals surface area contributed by atoms with E-state index in [1.807, 2.05) is 24.3 Å². The molecule has 14 heavy (non-hydrogen) atoms. The van der Waals surface area contributed by atoms with E-state index in [0.29, 0.717) is 0 Å². The maximum absolute atomic E-state index is 11.8. The summed E-state index contributed by atoms with van der Waals surface area (Å²) in [5, 5.41) is 0. The van der Waals surface area contributed by atoms with Gasteiger partial charge in [0.05, 0.1) is 6.16 Å². The van der Waals surface area contributed by atoms with Crippen molar-refractivity contribution >= 4 is 23.5 Å². The largest absolute Gasteiger partial charge is 0.334 e. The monoisotopic (exact) mass is 278 g/mol. The first-order valence-corrected chi connectivity index (χ1v) is 6.57. The van der Waals surface area contributed by atoms with Gasteiger partial charge in [-0.3, -0.25) is 4.57 Å². The van der Waals surface area contributed by atoms with Crippen molar-refractivity contribution in [3.8, 4) is 0 Å². The molecule has 5 heteroatoms. The van der Waals surface area contributed by atoms with E-state index in [-0.39, 0.29) is 6.16 Å². The molecule has 1 aromatic rings. The van der Waals surface area contributed by atoms with Crippen LogP contribution in [0.1, 0.15) is 5.56 Å². The molecule has 0 fully saturated rings. The molecule has 0 heterocycles. The van der Waals surface area contributed by atoms with Gasteiger partial charge in [-0.05, 0) is 11.6 Å². The summed E-state index contributed by atoms with van der Waals surface area (Å²) >= 11 is 3.38. The fourth-order valence-electron chi connectivity index (χ4n) is 1.04. The second-order valence-corrected chi connectivity index (χ2v) is 5.85. The number of benzene rings is 1. The Balaban J connectivity index is 2.88. The summed E-state index contributed by atoms with van der Waals surface area (Å²) in [7, 11) is -0.180. The number of hydrogen-bond acceptors (Lipinski definition) is 3. The third kappa shape index (κ3) is 2.92. The standard InChI is InChI=1S/C9H12BrO3P/c1-12-14(11,13-2)7-8-5-3-4-6-9(8)10/h3-6H,7H2,1-2H3. The predicted molar refractivity (Wildman–Crippen MR) is 59.5 cm³/mol. The molecule has 1 aromatic carbocycles. The van der Waals surface area contributed by atoms with Gasteiger partial charge in [0.2, 0.25) is 0 Å². The molecule has 0 spiro atoms. The first-order valence-electron chi connectivity index (χ1n) is 4.05. The SMILES string of the molecule is COP(=O)(Cc1ccccc1Br)OC. The second kappa shape index (κ2) is 5.08. The molecule has 0 radical (unpaired) electrons. The number of hydrogen-bond donors (Lipinski definition) is 0. The van der Waals surface area contributed by atoms with Crippen LogP contribution in [0.3, 0.4) is 0 Å². The van der Waals surface area contributed by atoms with Crippen molar-refractivity contribution in [2.24, 2.45) is 0 Å². The molecule has 0 atom stereocenters. The molecule has 0 aromatic heterocycles. The highest BCUT2D eigenvalue weighted by atomic mass is 79.9. The summed E-state index contributed by atoms with van der Waals surface area (Å²) in [6, 6.07) is 7.56. The van der Waals surface area contributed by atoms with Crippen LogP contribution in [0.25, 0.3) is 0 Å². The van der Waals surface area contributed by atoms with Gasteiger partial charge in [-0.2, -0.15) is 0 Å². The normalized spacial score (nSPS) is 11.6. The van der Waals surface area contributed by atoms with Crippen LogP contribution in [-0.4, -0.2) is 14.2 Å². The third-order valence-corrected chi connectivity index (χ3v) is 4.49. The van der Waals surface area contributed by atoms with E-state index in [2.05, 4.69) is 15.9 Å². The molecule has 0 unspecified atom stereocenters. The fourth-order valence-corrected chi connectivity index (χ4v) is 2.78. The van der Waals surface area contributed by atoms with Gasteiger partial charge in [0.15, 0.2) is 0 Å². The summed E-state index contributed by atoms with van der Waals surface area (Å²) in [5.41, 5.74) is 0.916. The van der Waals surface area contributed by atoms with Crippen molar-refractivity contribution in [2.45, 2.75) is 6.16 Å². The summed E-state index contributed by atoms with van der Waals surface area (Å²) in [5.74, 6) is 0. The van der Waals surface area contributed by atoms with E-state index < -0.39 is 7.60 Å². The zero-order valence-corrected chi connectivity index (χ0v) is 10.5. The van der Waals surface area contributed by atoms with Gasteiger partial charge >= 0.3 is 7.60 Å². The highest BCUT2D eigenvalue weighted by Gasteiger charge is 2.22. The van der Waals surface area contributed by atoms with Crippen LogP contribution >= 0.6 is 23.5 Å². The maximum atomic E-state index is 11.8. The van der Waals surface area contributed by atoms with Crippen LogP contribution in [0.15, 0.2) is 28.7 Å². The lowest BCUT2D eigenvalue weighted by molar-refractivity contribution is 0.274. The molecule has 78 valence electrons. The van der Waals surface area contributed by atoms with Crippen LogP contribution < -0.4 is 0 Å². The van der Waals surface area contributed by atoms with Crippen molar-refractivity contribution in [1.82, 2.24) is 0 Å². The molecular formula is C9H12BrO3P. The topological polar surface area (TPSA) is 35.5 Å². The lowest BCUT2D eigenvalue weighted by Gasteiger charge is -2.14. The number of rotatable bonds is 4. The molecule has 0 N–H and O–H groups in total. The van der Waals surface area contributed by atoms with E-state index in [0.717, 1.165) is 10.0 Å². The van der Waals surface area contributed by atoms with Crippen molar-refractivity contribution in [3.63, 3.8) is 0 Å². The van der Waals surface area contributed by atoms with Crippen LogP contribution in [0.2, 0.25) is 0 Å². The van der Waals surface area contributed by atoms with Gasteiger partial charge in [-0.1, -0.05) is 34.1 Å². The van der Waals surface area contributed by atoms with Gasteiger partial charge in [0, 0.05) is 18.7 Å². The lowest BCUT2D eigenvalue weighted by atomic mass is 10.2. The van der Waals surface area contributed by atoms with Crippen LogP contribution in [-0.2, 0) is 19.8 Å². The minimum absolute atomic E-state index is 0.279.